The first kappa shape index (κ1) is 13.8. The van der Waals surface area contributed by atoms with Gasteiger partial charge in [-0.1, -0.05) is 29.8 Å². The fourth-order valence-corrected chi connectivity index (χ4v) is 2.53. The summed E-state index contributed by atoms with van der Waals surface area (Å²) in [6.45, 7) is 1.78. The minimum absolute atomic E-state index is 0.408. The van der Waals surface area contributed by atoms with E-state index in [1.165, 1.54) is 7.11 Å². The number of rotatable bonds is 2. The zero-order valence-corrected chi connectivity index (χ0v) is 12.1. The van der Waals surface area contributed by atoms with Crippen LogP contribution in [0.3, 0.4) is 0 Å². The Labute approximate surface area is 121 Å². The van der Waals surface area contributed by atoms with E-state index in [-0.39, 0.29) is 0 Å². The molecular weight excluding hydrogens is 284 g/mol. The maximum atomic E-state index is 11.9. The normalized spacial score (nSPS) is 18.7. The van der Waals surface area contributed by atoms with Crippen LogP contribution in [0.1, 0.15) is 18.5 Å². The molecule has 6 heteroatoms. The highest BCUT2D eigenvalue weighted by molar-refractivity contribution is 7.80. The van der Waals surface area contributed by atoms with Crippen molar-refractivity contribution in [3.05, 3.63) is 46.1 Å². The zero-order chi connectivity index (χ0) is 14.0. The second-order valence-corrected chi connectivity index (χ2v) is 4.90. The Morgan fingerprint density at radius 3 is 2.74 bits per heavy atom. The molecule has 1 aromatic rings. The molecule has 1 aromatic carbocycles. The predicted octanol–water partition coefficient (Wildman–Crippen LogP) is 2.31. The predicted molar refractivity (Wildman–Crippen MR) is 77.8 cm³/mol. The van der Waals surface area contributed by atoms with Gasteiger partial charge in [-0.25, -0.2) is 4.79 Å². The summed E-state index contributed by atoms with van der Waals surface area (Å²) < 4.78 is 4.82. The van der Waals surface area contributed by atoms with Gasteiger partial charge in [-0.2, -0.15) is 0 Å². The highest BCUT2D eigenvalue weighted by atomic mass is 35.5. The summed E-state index contributed by atoms with van der Waals surface area (Å²) in [6.07, 6.45) is 0. The van der Waals surface area contributed by atoms with Crippen molar-refractivity contribution in [2.45, 2.75) is 13.0 Å². The second kappa shape index (κ2) is 5.59. The standard InChI is InChI=1S/C13H13ClN2O2S/c1-7-10(12(17)18-2)11(16-13(19)15-7)8-5-3-4-6-9(8)14/h3-6,11H,1-2H3,(H2,15,16,19)/t11-/m0/s1. The number of thiocarbonyl (C=S) groups is 1. The molecule has 1 aliphatic heterocycles. The van der Waals surface area contributed by atoms with Crippen LogP contribution in [0, 0.1) is 0 Å². The summed E-state index contributed by atoms with van der Waals surface area (Å²) in [7, 11) is 1.35. The number of carbonyl (C=O) groups is 1. The van der Waals surface area contributed by atoms with Gasteiger partial charge in [0.25, 0.3) is 0 Å². The Bertz CT molecular complexity index is 572. The van der Waals surface area contributed by atoms with Gasteiger partial charge >= 0.3 is 5.97 Å². The molecule has 0 saturated heterocycles. The average Bonchev–Trinajstić information content (AvgIpc) is 2.37. The number of carbonyl (C=O) groups excluding carboxylic acids is 1. The number of methoxy groups -OCH3 is 1. The Balaban J connectivity index is 2.53. The van der Waals surface area contributed by atoms with Crippen LogP contribution in [0.4, 0.5) is 0 Å². The summed E-state index contributed by atoms with van der Waals surface area (Å²) in [5.74, 6) is -0.412. The second-order valence-electron chi connectivity index (χ2n) is 4.08. The van der Waals surface area contributed by atoms with Gasteiger partial charge in [0, 0.05) is 10.7 Å². The zero-order valence-electron chi connectivity index (χ0n) is 10.5. The lowest BCUT2D eigenvalue weighted by atomic mass is 9.96. The molecule has 0 radical (unpaired) electrons. The largest absolute Gasteiger partial charge is 0.466 e. The van der Waals surface area contributed by atoms with Gasteiger partial charge in [-0.05, 0) is 30.8 Å². The van der Waals surface area contributed by atoms with Gasteiger partial charge in [-0.15, -0.1) is 0 Å². The van der Waals surface area contributed by atoms with E-state index in [4.69, 9.17) is 28.6 Å². The van der Waals surface area contributed by atoms with Crippen molar-refractivity contribution in [3.8, 4) is 0 Å². The van der Waals surface area contributed by atoms with Crippen LogP contribution in [0.5, 0.6) is 0 Å². The van der Waals surface area contributed by atoms with E-state index in [2.05, 4.69) is 10.6 Å². The van der Waals surface area contributed by atoms with Gasteiger partial charge in [-0.3, -0.25) is 0 Å². The Hall–Kier alpha value is -1.59. The third-order valence-electron chi connectivity index (χ3n) is 2.89. The molecule has 0 fully saturated rings. The van der Waals surface area contributed by atoms with Crippen LogP contribution < -0.4 is 10.6 Å². The maximum Gasteiger partial charge on any atom is 0.337 e. The van der Waals surface area contributed by atoms with Gasteiger partial charge in [0.2, 0.25) is 0 Å². The van der Waals surface area contributed by atoms with Crippen LogP contribution in [-0.2, 0) is 9.53 Å². The molecule has 0 amide bonds. The lowest BCUT2D eigenvalue weighted by molar-refractivity contribution is -0.136. The van der Waals surface area contributed by atoms with Gasteiger partial charge in [0.05, 0.1) is 18.7 Å². The van der Waals surface area contributed by atoms with Crippen LogP contribution in [0.15, 0.2) is 35.5 Å². The number of benzene rings is 1. The SMILES string of the molecule is COC(=O)C1=C(C)NC(=S)N[C@H]1c1ccccc1Cl. The molecular formula is C13H13ClN2O2S. The summed E-state index contributed by atoms with van der Waals surface area (Å²) >= 11 is 11.3. The molecule has 0 saturated carbocycles. The molecule has 0 bridgehead atoms. The monoisotopic (exact) mass is 296 g/mol. The molecule has 1 aliphatic rings. The summed E-state index contributed by atoms with van der Waals surface area (Å²) in [5, 5.41) is 6.99. The number of hydrogen-bond acceptors (Lipinski definition) is 3. The molecule has 4 nitrogen and oxygen atoms in total. The molecule has 19 heavy (non-hydrogen) atoms. The van der Waals surface area contributed by atoms with E-state index in [1.54, 1.807) is 13.0 Å². The molecule has 0 aromatic heterocycles. The maximum absolute atomic E-state index is 11.9. The third kappa shape index (κ3) is 2.72. The first-order valence-corrected chi connectivity index (χ1v) is 6.44. The van der Waals surface area contributed by atoms with Gasteiger partial charge in [0.1, 0.15) is 0 Å². The Morgan fingerprint density at radius 1 is 1.42 bits per heavy atom. The molecule has 1 atom stereocenters. The van der Waals surface area contributed by atoms with E-state index in [0.717, 1.165) is 5.56 Å². The van der Waals surface area contributed by atoms with Crippen molar-refractivity contribution in [1.82, 2.24) is 10.6 Å². The fraction of sp³-hybridized carbons (Fsp3) is 0.231. The van der Waals surface area contributed by atoms with Crippen molar-refractivity contribution < 1.29 is 9.53 Å². The highest BCUT2D eigenvalue weighted by Crippen LogP contribution is 2.31. The van der Waals surface area contributed by atoms with Gasteiger partial charge in [0.15, 0.2) is 5.11 Å². The summed E-state index contributed by atoms with van der Waals surface area (Å²) in [5.41, 5.74) is 1.93. The van der Waals surface area contributed by atoms with Crippen LogP contribution in [0.2, 0.25) is 5.02 Å². The quantitative estimate of drug-likeness (QED) is 0.648. The molecule has 2 rings (SSSR count). The van der Waals surface area contributed by atoms with E-state index in [9.17, 15) is 4.79 Å². The number of ether oxygens (including phenoxy) is 1. The molecule has 1 heterocycles. The minimum Gasteiger partial charge on any atom is -0.466 e. The number of halogens is 1. The topological polar surface area (TPSA) is 50.4 Å². The van der Waals surface area contributed by atoms with Crippen LogP contribution in [-0.4, -0.2) is 18.2 Å². The minimum atomic E-state index is -0.412. The summed E-state index contributed by atoms with van der Waals surface area (Å²) in [6, 6.07) is 6.91. The average molecular weight is 297 g/mol. The van der Waals surface area contributed by atoms with Crippen molar-refractivity contribution in [3.63, 3.8) is 0 Å². The summed E-state index contributed by atoms with van der Waals surface area (Å²) in [4.78, 5) is 11.9. The Kier molecular flexibility index (Phi) is 4.07. The third-order valence-corrected chi connectivity index (χ3v) is 3.45. The van der Waals surface area contributed by atoms with Crippen molar-refractivity contribution in [2.24, 2.45) is 0 Å². The van der Waals surface area contributed by atoms with Gasteiger partial charge < -0.3 is 15.4 Å². The first-order valence-electron chi connectivity index (χ1n) is 5.65. The van der Waals surface area contributed by atoms with E-state index < -0.39 is 12.0 Å². The molecule has 0 spiro atoms. The highest BCUT2D eigenvalue weighted by Gasteiger charge is 2.31. The van der Waals surface area contributed by atoms with E-state index >= 15 is 0 Å². The van der Waals surface area contributed by atoms with Crippen LogP contribution in [0.25, 0.3) is 0 Å². The van der Waals surface area contributed by atoms with E-state index in [1.807, 2.05) is 18.2 Å². The lowest BCUT2D eigenvalue weighted by Crippen LogP contribution is -2.45. The number of allylic oxidation sites excluding steroid dienone is 1. The lowest BCUT2D eigenvalue weighted by Gasteiger charge is -2.30. The number of nitrogens with one attached hydrogen (secondary N) is 2. The number of esters is 1. The van der Waals surface area contributed by atoms with E-state index in [0.29, 0.717) is 21.4 Å². The smallest absolute Gasteiger partial charge is 0.337 e. The Morgan fingerprint density at radius 2 is 2.11 bits per heavy atom. The van der Waals surface area contributed by atoms with Crippen molar-refractivity contribution >= 4 is 34.9 Å². The molecule has 100 valence electrons. The molecule has 2 N–H and O–H groups in total. The fourth-order valence-electron chi connectivity index (χ4n) is 2.02. The van der Waals surface area contributed by atoms with Crippen LogP contribution >= 0.6 is 23.8 Å². The molecule has 0 unspecified atom stereocenters. The first-order chi connectivity index (χ1) is 9.04. The van der Waals surface area contributed by atoms with Crippen molar-refractivity contribution in [2.75, 3.05) is 7.11 Å². The number of hydrogen-bond donors (Lipinski definition) is 2. The van der Waals surface area contributed by atoms with Crippen molar-refractivity contribution in [1.29, 1.82) is 0 Å². The molecule has 0 aliphatic carbocycles.